The molecule has 2 unspecified atom stereocenters. The van der Waals surface area contributed by atoms with Crippen molar-refractivity contribution in [3.05, 3.63) is 35.6 Å². The fourth-order valence-corrected chi connectivity index (χ4v) is 3.49. The van der Waals surface area contributed by atoms with Gasteiger partial charge in [-0.25, -0.2) is 4.39 Å². The number of carbonyl (C=O) groups excluding carboxylic acids is 1. The van der Waals surface area contributed by atoms with Crippen LogP contribution in [0.5, 0.6) is 0 Å². The third-order valence-corrected chi connectivity index (χ3v) is 4.39. The standard InChI is InChI=1S/C18H22FNO3/c1-4-22-16(21)15(11-20)18(8-9-23-17(2,3)12-18)13-6-5-7-14(19)10-13/h5-7,10,15H,4,8-9,12H2,1-3H3. The summed E-state index contributed by atoms with van der Waals surface area (Å²) in [4.78, 5) is 12.4. The number of esters is 1. The first-order valence-corrected chi connectivity index (χ1v) is 7.81. The van der Waals surface area contributed by atoms with Gasteiger partial charge in [-0.15, -0.1) is 0 Å². The fraction of sp³-hybridized carbons (Fsp3) is 0.556. The van der Waals surface area contributed by atoms with Crippen LogP contribution >= 0.6 is 0 Å². The maximum Gasteiger partial charge on any atom is 0.324 e. The zero-order valence-corrected chi connectivity index (χ0v) is 13.8. The Kier molecular flexibility index (Phi) is 5.06. The molecule has 0 saturated carbocycles. The van der Waals surface area contributed by atoms with Crippen molar-refractivity contribution in [1.82, 2.24) is 0 Å². The normalized spacial score (nSPS) is 24.5. The van der Waals surface area contributed by atoms with Gasteiger partial charge in [-0.3, -0.25) is 4.79 Å². The number of hydrogen-bond donors (Lipinski definition) is 0. The van der Waals surface area contributed by atoms with Gasteiger partial charge < -0.3 is 9.47 Å². The monoisotopic (exact) mass is 319 g/mol. The number of benzene rings is 1. The molecule has 0 aliphatic carbocycles. The van der Waals surface area contributed by atoms with E-state index in [1.165, 1.54) is 12.1 Å². The van der Waals surface area contributed by atoms with E-state index >= 15 is 0 Å². The predicted molar refractivity (Wildman–Crippen MR) is 83.1 cm³/mol. The van der Waals surface area contributed by atoms with Crippen LogP contribution in [0, 0.1) is 23.1 Å². The number of hydrogen-bond acceptors (Lipinski definition) is 4. The second-order valence-corrected chi connectivity index (χ2v) is 6.52. The molecule has 0 aromatic heterocycles. The summed E-state index contributed by atoms with van der Waals surface area (Å²) in [6.07, 6.45) is 0.914. The molecule has 1 saturated heterocycles. The van der Waals surface area contributed by atoms with E-state index in [1.54, 1.807) is 19.1 Å². The van der Waals surface area contributed by atoms with E-state index < -0.39 is 22.9 Å². The molecule has 0 bridgehead atoms. The first-order valence-electron chi connectivity index (χ1n) is 7.81. The Labute approximate surface area is 136 Å². The highest BCUT2D eigenvalue weighted by Crippen LogP contribution is 2.47. The maximum atomic E-state index is 13.8. The van der Waals surface area contributed by atoms with Gasteiger partial charge in [0.05, 0.1) is 18.3 Å². The SMILES string of the molecule is CCOC(=O)C(C#N)C1(c2cccc(F)c2)CCOC(C)(C)C1. The van der Waals surface area contributed by atoms with Crippen LogP contribution in [0.3, 0.4) is 0 Å². The van der Waals surface area contributed by atoms with Crippen molar-refractivity contribution in [2.75, 3.05) is 13.2 Å². The molecule has 0 amide bonds. The van der Waals surface area contributed by atoms with E-state index in [0.29, 0.717) is 25.0 Å². The lowest BCUT2D eigenvalue weighted by Gasteiger charge is -2.46. The lowest BCUT2D eigenvalue weighted by molar-refractivity contribution is -0.153. The molecule has 0 radical (unpaired) electrons. The van der Waals surface area contributed by atoms with Crippen molar-refractivity contribution < 1.29 is 18.7 Å². The van der Waals surface area contributed by atoms with E-state index in [1.807, 2.05) is 13.8 Å². The number of halogens is 1. The molecule has 0 N–H and O–H groups in total. The molecule has 1 aliphatic heterocycles. The van der Waals surface area contributed by atoms with E-state index in [4.69, 9.17) is 9.47 Å². The zero-order chi connectivity index (χ0) is 17.1. The van der Waals surface area contributed by atoms with Gasteiger partial charge >= 0.3 is 5.97 Å². The van der Waals surface area contributed by atoms with Gasteiger partial charge in [-0.1, -0.05) is 12.1 Å². The molecule has 1 aliphatic rings. The zero-order valence-electron chi connectivity index (χ0n) is 13.8. The van der Waals surface area contributed by atoms with Gasteiger partial charge in [0.25, 0.3) is 0 Å². The van der Waals surface area contributed by atoms with Crippen LogP contribution < -0.4 is 0 Å². The average molecular weight is 319 g/mol. The van der Waals surface area contributed by atoms with Gasteiger partial charge in [0, 0.05) is 12.0 Å². The molecule has 23 heavy (non-hydrogen) atoms. The largest absolute Gasteiger partial charge is 0.465 e. The Morgan fingerprint density at radius 2 is 2.26 bits per heavy atom. The first kappa shape index (κ1) is 17.4. The Morgan fingerprint density at radius 1 is 1.52 bits per heavy atom. The summed E-state index contributed by atoms with van der Waals surface area (Å²) in [6.45, 7) is 6.14. The molecule has 4 nitrogen and oxygen atoms in total. The number of ether oxygens (including phenoxy) is 2. The number of carbonyl (C=O) groups is 1. The van der Waals surface area contributed by atoms with Crippen LogP contribution in [0.2, 0.25) is 0 Å². The molecule has 1 heterocycles. The average Bonchev–Trinajstić information content (AvgIpc) is 2.47. The summed E-state index contributed by atoms with van der Waals surface area (Å²) < 4.78 is 24.6. The minimum atomic E-state index is -0.993. The highest BCUT2D eigenvalue weighted by Gasteiger charge is 2.51. The van der Waals surface area contributed by atoms with Crippen LogP contribution in [-0.2, 0) is 19.7 Å². The second-order valence-electron chi connectivity index (χ2n) is 6.52. The minimum Gasteiger partial charge on any atom is -0.465 e. The highest BCUT2D eigenvalue weighted by molar-refractivity contribution is 5.77. The quantitative estimate of drug-likeness (QED) is 0.799. The smallest absolute Gasteiger partial charge is 0.324 e. The van der Waals surface area contributed by atoms with Crippen LogP contribution in [0.25, 0.3) is 0 Å². The second kappa shape index (κ2) is 6.67. The van der Waals surface area contributed by atoms with Gasteiger partial charge in [-0.05, 0) is 51.3 Å². The van der Waals surface area contributed by atoms with Crippen LogP contribution in [0.1, 0.15) is 39.2 Å². The van der Waals surface area contributed by atoms with Crippen molar-refractivity contribution in [2.24, 2.45) is 5.92 Å². The minimum absolute atomic E-state index is 0.205. The van der Waals surface area contributed by atoms with Crippen LogP contribution in [0.4, 0.5) is 4.39 Å². The highest BCUT2D eigenvalue weighted by atomic mass is 19.1. The molecular formula is C18H22FNO3. The maximum absolute atomic E-state index is 13.8. The number of rotatable bonds is 4. The third-order valence-electron chi connectivity index (χ3n) is 4.39. The molecule has 1 aromatic rings. The molecular weight excluding hydrogens is 297 g/mol. The Hall–Kier alpha value is -1.93. The molecule has 0 spiro atoms. The van der Waals surface area contributed by atoms with E-state index in [0.717, 1.165) is 0 Å². The van der Waals surface area contributed by atoms with Crippen molar-refractivity contribution >= 4 is 5.97 Å². The van der Waals surface area contributed by atoms with Gasteiger partial charge in [0.1, 0.15) is 5.82 Å². The van der Waals surface area contributed by atoms with E-state index in [9.17, 15) is 14.4 Å². The molecule has 1 fully saturated rings. The van der Waals surface area contributed by atoms with Crippen molar-refractivity contribution in [3.8, 4) is 6.07 Å². The lowest BCUT2D eigenvalue weighted by Crippen LogP contribution is -2.50. The Morgan fingerprint density at radius 3 is 2.83 bits per heavy atom. The van der Waals surface area contributed by atoms with E-state index in [2.05, 4.69) is 6.07 Å². The number of nitrogens with zero attached hydrogens (tertiary/aromatic N) is 1. The van der Waals surface area contributed by atoms with Crippen molar-refractivity contribution in [3.63, 3.8) is 0 Å². The lowest BCUT2D eigenvalue weighted by atomic mass is 9.62. The molecule has 2 rings (SSSR count). The van der Waals surface area contributed by atoms with Crippen molar-refractivity contribution in [2.45, 2.75) is 44.6 Å². The summed E-state index contributed by atoms with van der Waals surface area (Å²) in [5.74, 6) is -1.93. The van der Waals surface area contributed by atoms with Gasteiger partial charge in [0.15, 0.2) is 5.92 Å². The van der Waals surface area contributed by atoms with Crippen LogP contribution in [0.15, 0.2) is 24.3 Å². The Bertz CT molecular complexity index is 623. The van der Waals surface area contributed by atoms with E-state index in [-0.39, 0.29) is 12.4 Å². The summed E-state index contributed by atoms with van der Waals surface area (Å²) >= 11 is 0. The number of nitriles is 1. The summed E-state index contributed by atoms with van der Waals surface area (Å²) in [5.41, 5.74) is -0.676. The third kappa shape index (κ3) is 3.53. The predicted octanol–water partition coefficient (Wildman–Crippen LogP) is 3.36. The Balaban J connectivity index is 2.55. The summed E-state index contributed by atoms with van der Waals surface area (Å²) in [5, 5.41) is 9.66. The van der Waals surface area contributed by atoms with Gasteiger partial charge in [0.2, 0.25) is 0 Å². The molecule has 5 heteroatoms. The molecule has 124 valence electrons. The first-order chi connectivity index (χ1) is 10.8. The summed E-state index contributed by atoms with van der Waals surface area (Å²) in [7, 11) is 0. The molecule has 2 atom stereocenters. The van der Waals surface area contributed by atoms with Crippen LogP contribution in [-0.4, -0.2) is 24.8 Å². The summed E-state index contributed by atoms with van der Waals surface area (Å²) in [6, 6.07) is 8.24. The molecule has 1 aromatic carbocycles. The van der Waals surface area contributed by atoms with Gasteiger partial charge in [-0.2, -0.15) is 5.26 Å². The fourth-order valence-electron chi connectivity index (χ4n) is 3.49. The topological polar surface area (TPSA) is 59.3 Å². The van der Waals surface area contributed by atoms with Crippen molar-refractivity contribution in [1.29, 1.82) is 5.26 Å².